The number of aliphatic hydroxyl groups excluding tert-OH is 2. The molecule has 1 amide bonds. The monoisotopic (exact) mass is 2160 g/mol. The van der Waals surface area contributed by atoms with Gasteiger partial charge in [-0.05, 0) is 185 Å². The van der Waals surface area contributed by atoms with Crippen LogP contribution in [0.25, 0.3) is 33.1 Å². The summed E-state index contributed by atoms with van der Waals surface area (Å²) in [6.07, 6.45) is 4.11. The van der Waals surface area contributed by atoms with Crippen LogP contribution >= 0.6 is 125 Å². The molecule has 672 valence electrons. The van der Waals surface area contributed by atoms with Crippen LogP contribution in [0.1, 0.15) is 152 Å². The number of hydrogen-bond acceptors (Lipinski definition) is 21. The van der Waals surface area contributed by atoms with Crippen LogP contribution in [0.5, 0.6) is 0 Å². The van der Waals surface area contributed by atoms with Crippen molar-refractivity contribution in [3.8, 4) is 0 Å². The molecule has 11 aromatic rings. The quantitative estimate of drug-likeness (QED) is 0.0299. The molecule has 6 fully saturated rings. The summed E-state index contributed by atoms with van der Waals surface area (Å²) in [4.78, 5) is 56.9. The summed E-state index contributed by atoms with van der Waals surface area (Å²) in [6.45, 7) is 28.4. The van der Waals surface area contributed by atoms with E-state index in [-0.39, 0.29) is 122 Å². The molecule has 6 aliphatic rings. The van der Waals surface area contributed by atoms with Crippen LogP contribution in [0.2, 0.25) is 58.7 Å². The molecular formula is C88H97Br2Cl8CsFLiN10O15Si. The standard InChI is InChI=1S/C27H33Cl2N3O5Si.C22H23Cl2N3O4.C16H19ClN4O5.C8H8BrCl.C8H8Cl.C7H6BrClO.Cs.FH.Li/c1-26(2,3)38(6,7)34-13-15-12-16(28)8-9-17(15)19(33)20-21-22(37-27(4,5)36-21)25(35-20)32-11-10-18-23(29)30-14-31-24(18)32;1-4-11-9-12(23)5-6-13(11)15(28)16-17-18(31-22(2,3)30-17)21(29-16)27-8-7-14-19(24)25-10-26-20(14)27;1-16(2)25-9-10(14(22)20(3)23-4)24-15(11(9)26-16)21-6-5-8-12(17)18-7-19-13(8)21;1-2-6-5-7(10)3-4-8(6)9;1-2-7-4-3-5-8(9)6-7;8-7-2-1-6(9)3-5(7)4-10;;;/h8-12,14,20-22,25H,13H2,1-7H3;5-10,15-18,21,28H,4H2,1-3H3;5-7,9-11,15H,1-4H3;3-5H,2H2,1H3;3,5-6H,2H2,1H3;1-3,10H,4H2;;1H;/q;;;;-1;;+1;;+1/p-1/t20-,21-,22-,25-;15-,16-,17-,18-,21-;9-,10+,11-,15-;;;;;;/m111....../s1. The van der Waals surface area contributed by atoms with Gasteiger partial charge in [0.1, 0.15) is 100 Å². The van der Waals surface area contributed by atoms with Gasteiger partial charge < -0.3 is 75.7 Å². The minimum Gasteiger partial charge on any atom is -1.00 e. The molecule has 0 radical (unpaired) electrons. The van der Waals surface area contributed by atoms with E-state index in [9.17, 15) is 14.7 Å². The van der Waals surface area contributed by atoms with E-state index in [4.69, 9.17) is 150 Å². The molecule has 2 N–H and O–H groups in total. The van der Waals surface area contributed by atoms with Crippen molar-refractivity contribution in [2.24, 2.45) is 0 Å². The molecule has 0 saturated carbocycles. The van der Waals surface area contributed by atoms with Crippen LogP contribution in [0, 0.1) is 6.07 Å². The molecule has 12 heterocycles. The van der Waals surface area contributed by atoms with Crippen molar-refractivity contribution < 1.29 is 164 Å². The van der Waals surface area contributed by atoms with Gasteiger partial charge in [-0.15, -0.1) is 17.7 Å². The van der Waals surface area contributed by atoms with E-state index in [1.54, 1.807) is 67.1 Å². The molecule has 0 bridgehead atoms. The Balaban J connectivity index is 0.000000185. The number of fused-ring (bicyclic) bond motifs is 6. The fourth-order valence-electron chi connectivity index (χ4n) is 14.9. The number of likely N-dealkylation sites (N-methyl/N-ethyl adjacent to an activating group) is 1. The van der Waals surface area contributed by atoms with Gasteiger partial charge in [0, 0.05) is 60.2 Å². The summed E-state index contributed by atoms with van der Waals surface area (Å²) >= 11 is 55.0. The number of aliphatic hydroxyl groups is 2. The average Bonchev–Trinajstić information content (AvgIpc) is 1.59. The number of carbonyl (C=O) groups is 2. The number of ketones is 1. The van der Waals surface area contributed by atoms with Crippen molar-refractivity contribution in [2.45, 2.75) is 231 Å². The Bertz CT molecular complexity index is 5610. The zero-order valence-electron chi connectivity index (χ0n) is 73.2. The van der Waals surface area contributed by atoms with Crippen LogP contribution in [0.4, 0.5) is 0 Å². The molecule has 127 heavy (non-hydrogen) atoms. The van der Waals surface area contributed by atoms with Gasteiger partial charge in [0.25, 0.3) is 5.91 Å². The SMILES string of the molecule is CC1(C)O[C@@H]2[C@H](O1)[C@@H](C(=O)c1ccc(Cl)cc1CO[Si](C)(C)C(C)(C)C)O[C@H]2n1ccc2c(Cl)ncnc21.CCc1[c-]ccc(Cl)c1.CCc1cc(Cl)ccc1Br.CCc1cc(Cl)ccc1[C@@H](O)[C@H]1O[C@@H](n2ccc3c(Cl)ncnc32)[C@@H]2OC(C)(C)O[C@@H]21.CON(C)C(=O)[C@H]1O[C@@H](n2ccc3c(Cl)ncnc32)[C@@H]2OC(C)(C)O[C@@H]21.OCc1cc(Cl)ccc1Br.[Cs+].[F-].[Li+]. The molecule has 0 unspecified atom stereocenters. The number of rotatable bonds is 16. The van der Waals surface area contributed by atoms with E-state index in [2.05, 4.69) is 116 Å². The van der Waals surface area contributed by atoms with Gasteiger partial charge >= 0.3 is 87.8 Å². The first-order chi connectivity index (χ1) is 58.6. The van der Waals surface area contributed by atoms with Crippen LogP contribution < -0.4 is 92.5 Å². The van der Waals surface area contributed by atoms with Crippen molar-refractivity contribution in [1.29, 1.82) is 0 Å². The number of benzene rings is 5. The molecule has 5 aromatic carbocycles. The number of halogens is 11. The largest absolute Gasteiger partial charge is 1.00 e. The number of Topliss-reactive ketones (excluding diaryl/α,β-unsaturated/α-hetero) is 1. The van der Waals surface area contributed by atoms with Gasteiger partial charge in [-0.25, -0.2) is 35.0 Å². The first kappa shape index (κ1) is 107. The predicted octanol–water partition coefficient (Wildman–Crippen LogP) is 12.5. The third-order valence-corrected chi connectivity index (χ3v) is 30.1. The Hall–Kier alpha value is -3.34. The van der Waals surface area contributed by atoms with Crippen molar-refractivity contribution in [3.05, 3.63) is 241 Å². The number of carbonyl (C=O) groups excluding carboxylic acids is 2. The first-order valence-corrected chi connectivity index (χ1v) is 47.5. The summed E-state index contributed by atoms with van der Waals surface area (Å²) in [6, 6.07) is 36.0. The fraction of sp³-hybridized carbons (Fsp3) is 0.432. The minimum absolute atomic E-state index is 0. The van der Waals surface area contributed by atoms with E-state index in [1.165, 1.54) is 44.3 Å². The normalized spacial score (nSPS) is 22.8. The van der Waals surface area contributed by atoms with Gasteiger partial charge in [-0.2, -0.15) is 23.8 Å². The number of ether oxygens (including phenoxy) is 9. The fourth-order valence-corrected chi connectivity index (χ4v) is 18.3. The maximum atomic E-state index is 14.1. The summed E-state index contributed by atoms with van der Waals surface area (Å²) in [7, 11) is 0.864. The maximum absolute atomic E-state index is 14.1. The number of nitrogens with zero attached hydrogens (tertiary/aromatic N) is 10. The summed E-state index contributed by atoms with van der Waals surface area (Å²) in [5.41, 5.74) is 8.00. The third-order valence-electron chi connectivity index (χ3n) is 22.0. The molecule has 6 aliphatic heterocycles. The van der Waals surface area contributed by atoms with Crippen LogP contribution in [-0.4, -0.2) is 165 Å². The Morgan fingerprint density at radius 1 is 0.543 bits per heavy atom. The topological polar surface area (TPSA) is 271 Å². The summed E-state index contributed by atoms with van der Waals surface area (Å²) in [5.74, 6) is -3.09. The Morgan fingerprint density at radius 2 is 0.937 bits per heavy atom. The molecule has 17 rings (SSSR count). The zero-order valence-corrected chi connectivity index (χ0v) is 89.7. The molecule has 0 aliphatic carbocycles. The van der Waals surface area contributed by atoms with Gasteiger partial charge in [0.2, 0.25) is 0 Å². The second-order valence-electron chi connectivity index (χ2n) is 32.7. The molecule has 39 heteroatoms. The summed E-state index contributed by atoms with van der Waals surface area (Å²) in [5, 5.41) is 27.8. The van der Waals surface area contributed by atoms with Crippen molar-refractivity contribution in [2.75, 3.05) is 14.2 Å². The molecule has 0 spiro atoms. The number of hydrogen-bond donors (Lipinski definition) is 2. The van der Waals surface area contributed by atoms with Gasteiger partial charge in [0.05, 0.1) is 36.5 Å². The predicted molar refractivity (Wildman–Crippen MR) is 487 cm³/mol. The average molecular weight is 2170 g/mol. The number of amides is 1. The van der Waals surface area contributed by atoms with E-state index >= 15 is 0 Å². The van der Waals surface area contributed by atoms with Crippen molar-refractivity contribution in [3.63, 3.8) is 0 Å². The van der Waals surface area contributed by atoms with Gasteiger partial charge in [-0.1, -0.05) is 172 Å². The minimum atomic E-state index is -2.07. The van der Waals surface area contributed by atoms with Crippen molar-refractivity contribution >= 4 is 178 Å². The number of aryl methyl sites for hydroxylation is 3. The zero-order chi connectivity index (χ0) is 90.0. The summed E-state index contributed by atoms with van der Waals surface area (Å²) < 4.78 is 69.6. The molecule has 13 atom stereocenters. The Morgan fingerprint density at radius 3 is 1.36 bits per heavy atom. The molecular weight excluding hydrogens is 2070 g/mol. The molecule has 6 saturated heterocycles. The first-order valence-electron chi connectivity index (χ1n) is 39.9. The third kappa shape index (κ3) is 25.1. The van der Waals surface area contributed by atoms with Crippen LogP contribution in [0.15, 0.2) is 156 Å². The maximum Gasteiger partial charge on any atom is 1.00 e. The molecule has 6 aromatic heterocycles. The number of hydroxylamine groups is 2. The van der Waals surface area contributed by atoms with Crippen LogP contribution in [0.3, 0.4) is 0 Å². The Labute approximate surface area is 866 Å². The Kier molecular flexibility index (Phi) is 38.5. The van der Waals surface area contributed by atoms with E-state index in [0.717, 1.165) is 71.0 Å². The van der Waals surface area contributed by atoms with Crippen molar-refractivity contribution in [1.82, 2.24) is 48.7 Å². The second-order valence-corrected chi connectivity index (χ2v) is 42.5. The van der Waals surface area contributed by atoms with Gasteiger partial charge in [-0.3, -0.25) is 14.4 Å². The van der Waals surface area contributed by atoms with Crippen LogP contribution in [-0.2, 0) is 89.2 Å². The van der Waals surface area contributed by atoms with E-state index < -0.39 is 105 Å². The number of aromatic nitrogens is 9. The molecule has 25 nitrogen and oxygen atoms in total. The smallest absolute Gasteiger partial charge is 1.00 e. The second kappa shape index (κ2) is 45.5. The van der Waals surface area contributed by atoms with E-state index in [1.807, 2.05) is 123 Å². The van der Waals surface area contributed by atoms with Gasteiger partial charge in [0.15, 0.2) is 62.4 Å². The van der Waals surface area contributed by atoms with E-state index in [0.29, 0.717) is 63.8 Å².